The van der Waals surface area contributed by atoms with Crippen LogP contribution in [0.25, 0.3) is 16.6 Å². The van der Waals surface area contributed by atoms with Gasteiger partial charge < -0.3 is 20.3 Å². The van der Waals surface area contributed by atoms with Crippen LogP contribution in [0.5, 0.6) is 5.75 Å². The summed E-state index contributed by atoms with van der Waals surface area (Å²) in [6.07, 6.45) is 4.41. The zero-order chi connectivity index (χ0) is 22.2. The minimum atomic E-state index is 0.122. The second-order valence-electron chi connectivity index (χ2n) is 7.94. The van der Waals surface area contributed by atoms with Gasteiger partial charge in [0.25, 0.3) is 0 Å². The Morgan fingerprint density at radius 1 is 1.16 bits per heavy atom. The van der Waals surface area contributed by atoms with Crippen molar-refractivity contribution in [2.45, 2.75) is 13.3 Å². The molecule has 0 spiro atoms. The van der Waals surface area contributed by atoms with Crippen LogP contribution < -0.4 is 15.4 Å². The van der Waals surface area contributed by atoms with E-state index in [0.29, 0.717) is 23.6 Å². The minimum absolute atomic E-state index is 0.122. The molecular weight excluding hydrogens is 406 g/mol. The lowest BCUT2D eigenvalue weighted by molar-refractivity contribution is -0.129. The maximum atomic E-state index is 11.6. The summed E-state index contributed by atoms with van der Waals surface area (Å²) in [5.74, 6) is 2.09. The van der Waals surface area contributed by atoms with Crippen molar-refractivity contribution in [2.24, 2.45) is 0 Å². The molecule has 9 heteroatoms. The van der Waals surface area contributed by atoms with Gasteiger partial charge in [0.1, 0.15) is 22.7 Å². The Morgan fingerprint density at radius 2 is 1.97 bits per heavy atom. The first kappa shape index (κ1) is 20.0. The van der Waals surface area contributed by atoms with Crippen molar-refractivity contribution in [3.05, 3.63) is 54.0 Å². The molecule has 0 aliphatic carbocycles. The standard InChI is InChI=1S/C23H25N7O2/c1-15(31)28-8-10-29(11-9-28)20-13-16(6-7-25-20)12-17-14-30-22(26-17)18-4-3-5-19(32-2)21(18)27-23(30)24/h3-7,13-14H,8-12H2,1-2H3,(H2,24,27). The highest BCUT2D eigenvalue weighted by Crippen LogP contribution is 2.28. The molecule has 0 radical (unpaired) electrons. The number of nitrogens with two attached hydrogens (primary N) is 1. The minimum Gasteiger partial charge on any atom is -0.494 e. The van der Waals surface area contributed by atoms with Gasteiger partial charge in [0, 0.05) is 57.3 Å². The van der Waals surface area contributed by atoms with Gasteiger partial charge in [0.15, 0.2) is 0 Å². The van der Waals surface area contributed by atoms with Gasteiger partial charge in [-0.1, -0.05) is 6.07 Å². The highest BCUT2D eigenvalue weighted by molar-refractivity contribution is 5.96. The Bertz CT molecular complexity index is 1310. The van der Waals surface area contributed by atoms with Crippen molar-refractivity contribution >= 4 is 34.2 Å². The van der Waals surface area contributed by atoms with Crippen LogP contribution in [0, 0.1) is 0 Å². The van der Waals surface area contributed by atoms with Gasteiger partial charge in [0.2, 0.25) is 11.9 Å². The number of methoxy groups -OCH3 is 1. The molecule has 4 heterocycles. The van der Waals surface area contributed by atoms with Gasteiger partial charge >= 0.3 is 0 Å². The van der Waals surface area contributed by atoms with Crippen molar-refractivity contribution in [1.82, 2.24) is 24.3 Å². The Labute approximate surface area is 185 Å². The van der Waals surface area contributed by atoms with E-state index in [0.717, 1.165) is 54.3 Å². The van der Waals surface area contributed by atoms with Crippen molar-refractivity contribution in [2.75, 3.05) is 43.9 Å². The molecule has 3 aromatic heterocycles. The smallest absolute Gasteiger partial charge is 0.219 e. The molecule has 0 saturated carbocycles. The maximum Gasteiger partial charge on any atom is 0.219 e. The van der Waals surface area contributed by atoms with Gasteiger partial charge in [-0.3, -0.25) is 9.20 Å². The van der Waals surface area contributed by atoms with Gasteiger partial charge in [-0.2, -0.15) is 0 Å². The monoisotopic (exact) mass is 431 g/mol. The highest BCUT2D eigenvalue weighted by atomic mass is 16.5. The molecule has 0 unspecified atom stereocenters. The third-order valence-electron chi connectivity index (χ3n) is 5.93. The van der Waals surface area contributed by atoms with Crippen molar-refractivity contribution < 1.29 is 9.53 Å². The van der Waals surface area contributed by atoms with Crippen LogP contribution in [0.2, 0.25) is 0 Å². The molecule has 1 saturated heterocycles. The van der Waals surface area contributed by atoms with Gasteiger partial charge in [-0.25, -0.2) is 15.0 Å². The predicted molar refractivity (Wildman–Crippen MR) is 123 cm³/mol. The molecular formula is C23H25N7O2. The first-order valence-electron chi connectivity index (χ1n) is 10.6. The predicted octanol–water partition coefficient (Wildman–Crippen LogP) is 2.13. The van der Waals surface area contributed by atoms with E-state index in [1.807, 2.05) is 46.0 Å². The number of para-hydroxylation sites is 1. The number of pyridine rings is 1. The molecule has 1 amide bonds. The van der Waals surface area contributed by atoms with Crippen molar-refractivity contribution in [3.63, 3.8) is 0 Å². The fourth-order valence-electron chi connectivity index (χ4n) is 4.23. The van der Waals surface area contributed by atoms with Crippen LogP contribution >= 0.6 is 0 Å². The summed E-state index contributed by atoms with van der Waals surface area (Å²) in [5, 5.41) is 0.892. The second kappa shape index (κ2) is 7.99. The van der Waals surface area contributed by atoms with E-state index < -0.39 is 0 Å². The SMILES string of the molecule is COc1cccc2c1nc(N)n1cc(Cc3ccnc(N4CCN(C(C)=O)CC4)c3)nc21. The Morgan fingerprint density at radius 3 is 2.72 bits per heavy atom. The number of ether oxygens (including phenoxy) is 1. The van der Waals surface area contributed by atoms with Crippen molar-refractivity contribution in [1.29, 1.82) is 0 Å². The van der Waals surface area contributed by atoms with E-state index in [-0.39, 0.29) is 5.91 Å². The number of nitrogen functional groups attached to an aromatic ring is 1. The fraction of sp³-hybridized carbons (Fsp3) is 0.304. The lowest BCUT2D eigenvalue weighted by atomic mass is 10.1. The second-order valence-corrected chi connectivity index (χ2v) is 7.94. The average molecular weight is 432 g/mol. The molecule has 5 rings (SSSR count). The summed E-state index contributed by atoms with van der Waals surface area (Å²) < 4.78 is 7.26. The quantitative estimate of drug-likeness (QED) is 0.528. The molecule has 4 aromatic rings. The van der Waals surface area contributed by atoms with E-state index in [9.17, 15) is 4.79 Å². The number of fused-ring (bicyclic) bond motifs is 3. The molecule has 2 N–H and O–H groups in total. The number of hydrogen-bond acceptors (Lipinski definition) is 7. The highest BCUT2D eigenvalue weighted by Gasteiger charge is 2.20. The first-order valence-corrected chi connectivity index (χ1v) is 10.6. The zero-order valence-corrected chi connectivity index (χ0v) is 18.2. The largest absolute Gasteiger partial charge is 0.494 e. The van der Waals surface area contributed by atoms with Crippen LogP contribution in [0.15, 0.2) is 42.7 Å². The molecule has 1 aromatic carbocycles. The molecule has 164 valence electrons. The third-order valence-corrected chi connectivity index (χ3v) is 5.93. The Balaban J connectivity index is 1.43. The number of carbonyl (C=O) groups excluding carboxylic acids is 1. The number of piperazine rings is 1. The van der Waals surface area contributed by atoms with Crippen LogP contribution in [0.1, 0.15) is 18.2 Å². The summed E-state index contributed by atoms with van der Waals surface area (Å²) in [7, 11) is 1.62. The normalized spacial score (nSPS) is 14.3. The number of nitrogens with zero attached hydrogens (tertiary/aromatic N) is 6. The topological polar surface area (TPSA) is 102 Å². The average Bonchev–Trinajstić information content (AvgIpc) is 3.24. The summed E-state index contributed by atoms with van der Waals surface area (Å²) in [6, 6.07) is 9.86. The third kappa shape index (κ3) is 3.55. The van der Waals surface area contributed by atoms with Gasteiger partial charge in [-0.05, 0) is 29.8 Å². The molecule has 9 nitrogen and oxygen atoms in total. The molecule has 32 heavy (non-hydrogen) atoms. The lowest BCUT2D eigenvalue weighted by Gasteiger charge is -2.35. The van der Waals surface area contributed by atoms with E-state index in [2.05, 4.69) is 20.9 Å². The molecule has 0 bridgehead atoms. The Kier molecular flexibility index (Phi) is 5.01. The molecule has 1 aliphatic rings. The van der Waals surface area contributed by atoms with Crippen LogP contribution in [0.3, 0.4) is 0 Å². The van der Waals surface area contributed by atoms with E-state index in [1.54, 1.807) is 14.0 Å². The van der Waals surface area contributed by atoms with E-state index >= 15 is 0 Å². The maximum absolute atomic E-state index is 11.6. The van der Waals surface area contributed by atoms with Crippen molar-refractivity contribution in [3.8, 4) is 5.75 Å². The van der Waals surface area contributed by atoms with Crippen LogP contribution in [-0.4, -0.2) is 63.4 Å². The molecule has 1 aliphatic heterocycles. The number of amides is 1. The first-order chi connectivity index (χ1) is 15.5. The van der Waals surface area contributed by atoms with Gasteiger partial charge in [-0.15, -0.1) is 0 Å². The molecule has 1 fully saturated rings. The number of imidazole rings is 1. The summed E-state index contributed by atoms with van der Waals surface area (Å²) in [4.78, 5) is 29.6. The lowest BCUT2D eigenvalue weighted by Crippen LogP contribution is -2.48. The Hall–Kier alpha value is -3.88. The van der Waals surface area contributed by atoms with Gasteiger partial charge in [0.05, 0.1) is 12.8 Å². The summed E-state index contributed by atoms with van der Waals surface area (Å²) >= 11 is 0. The van der Waals surface area contributed by atoms with Crippen LogP contribution in [-0.2, 0) is 11.2 Å². The number of benzene rings is 1. The number of carbonyl (C=O) groups is 1. The number of aromatic nitrogens is 4. The summed E-state index contributed by atoms with van der Waals surface area (Å²) in [5.41, 5.74) is 9.69. The number of anilines is 2. The number of rotatable bonds is 4. The zero-order valence-electron chi connectivity index (χ0n) is 18.2. The van der Waals surface area contributed by atoms with Crippen LogP contribution in [0.4, 0.5) is 11.8 Å². The van der Waals surface area contributed by atoms with E-state index in [4.69, 9.17) is 15.5 Å². The fourth-order valence-corrected chi connectivity index (χ4v) is 4.23. The number of hydrogen-bond donors (Lipinski definition) is 1. The van der Waals surface area contributed by atoms with E-state index in [1.165, 1.54) is 0 Å². The summed E-state index contributed by atoms with van der Waals surface area (Å²) in [6.45, 7) is 4.61. The molecule has 0 atom stereocenters.